The maximum atomic E-state index is 4.82. The van der Waals surface area contributed by atoms with Crippen LogP contribution >= 0.6 is 0 Å². The summed E-state index contributed by atoms with van der Waals surface area (Å²) in [5, 5.41) is 5.54. The molecule has 2 aliphatic heterocycles. The molecule has 0 amide bonds. The van der Waals surface area contributed by atoms with E-state index in [2.05, 4.69) is 56.1 Å². The van der Waals surface area contributed by atoms with E-state index in [1.165, 1.54) is 44.7 Å². The third-order valence-corrected chi connectivity index (χ3v) is 7.32. The van der Waals surface area contributed by atoms with Crippen LogP contribution in [0.2, 0.25) is 0 Å². The Morgan fingerprint density at radius 2 is 1.47 bits per heavy atom. The molecule has 2 saturated heterocycles. The molecule has 174 valence electrons. The molecular weight excluding hydrogens is 422 g/mol. The molecule has 0 atom stereocenters. The molecule has 0 saturated carbocycles. The van der Waals surface area contributed by atoms with Gasteiger partial charge in [-0.15, -0.1) is 0 Å². The predicted octanol–water partition coefficient (Wildman–Crippen LogP) is 3.70. The number of benzene rings is 2. The number of hydrogen-bond donors (Lipinski definition) is 0. The van der Waals surface area contributed by atoms with Crippen LogP contribution in [-0.4, -0.2) is 81.9 Å². The summed E-state index contributed by atoms with van der Waals surface area (Å²) in [4.78, 5) is 17.0. The number of hydrogen-bond acceptors (Lipinski definition) is 6. The van der Waals surface area contributed by atoms with Gasteiger partial charge in [-0.25, -0.2) is 14.6 Å². The van der Waals surface area contributed by atoms with Crippen LogP contribution in [0.4, 0.5) is 5.69 Å². The molecule has 2 aliphatic rings. The van der Waals surface area contributed by atoms with Crippen molar-refractivity contribution < 1.29 is 0 Å². The Labute approximate surface area is 200 Å². The molecule has 2 aromatic heterocycles. The van der Waals surface area contributed by atoms with Crippen LogP contribution in [0.15, 0.2) is 67.0 Å². The first-order valence-corrected chi connectivity index (χ1v) is 12.3. The minimum absolute atomic E-state index is 0.717. The zero-order chi connectivity index (χ0) is 22.9. The van der Waals surface area contributed by atoms with Gasteiger partial charge in [-0.3, -0.25) is 4.90 Å². The molecular formula is C27H31N7. The van der Waals surface area contributed by atoms with Gasteiger partial charge < -0.3 is 9.80 Å². The second kappa shape index (κ2) is 9.16. The summed E-state index contributed by atoms with van der Waals surface area (Å²) in [6, 6.07) is 19.6. The van der Waals surface area contributed by atoms with Gasteiger partial charge >= 0.3 is 0 Å². The van der Waals surface area contributed by atoms with Gasteiger partial charge in [-0.2, -0.15) is 5.10 Å². The number of likely N-dealkylation sites (N-methyl/N-ethyl adjacent to an activating group) is 1. The number of nitrogens with zero attached hydrogens (tertiary/aromatic N) is 7. The largest absolute Gasteiger partial charge is 0.371 e. The lowest BCUT2D eigenvalue weighted by Gasteiger charge is -2.42. The van der Waals surface area contributed by atoms with Crippen molar-refractivity contribution >= 4 is 16.7 Å². The Morgan fingerprint density at radius 1 is 0.765 bits per heavy atom. The molecule has 0 unspecified atom stereocenters. The van der Waals surface area contributed by atoms with Crippen LogP contribution in [0.3, 0.4) is 0 Å². The molecule has 0 bridgehead atoms. The van der Waals surface area contributed by atoms with Crippen LogP contribution in [0.25, 0.3) is 28.1 Å². The van der Waals surface area contributed by atoms with Crippen LogP contribution in [0.1, 0.15) is 12.8 Å². The Bertz CT molecular complexity index is 1240. The lowest BCUT2D eigenvalue weighted by Crippen LogP contribution is -2.52. The number of anilines is 1. The van der Waals surface area contributed by atoms with Crippen LogP contribution < -0.4 is 4.90 Å². The van der Waals surface area contributed by atoms with Gasteiger partial charge in [0.25, 0.3) is 0 Å². The van der Waals surface area contributed by atoms with Crippen LogP contribution in [0.5, 0.6) is 0 Å². The first kappa shape index (κ1) is 21.3. The average Bonchev–Trinajstić information content (AvgIpc) is 3.33. The van der Waals surface area contributed by atoms with Gasteiger partial charge in [0.2, 0.25) is 0 Å². The third-order valence-electron chi connectivity index (χ3n) is 7.32. The highest BCUT2D eigenvalue weighted by Crippen LogP contribution is 2.26. The lowest BCUT2D eigenvalue weighted by atomic mass is 10.0. The summed E-state index contributed by atoms with van der Waals surface area (Å²) in [6.07, 6.45) is 6.18. The Balaban J connectivity index is 1.17. The average molecular weight is 454 g/mol. The van der Waals surface area contributed by atoms with Crippen molar-refractivity contribution in [2.24, 2.45) is 0 Å². The van der Waals surface area contributed by atoms with Crippen LogP contribution in [0, 0.1) is 0 Å². The number of piperazine rings is 1. The first-order valence-electron chi connectivity index (χ1n) is 12.3. The van der Waals surface area contributed by atoms with Crippen LogP contribution in [-0.2, 0) is 0 Å². The van der Waals surface area contributed by atoms with E-state index < -0.39 is 0 Å². The zero-order valence-corrected chi connectivity index (χ0v) is 19.7. The molecule has 7 heteroatoms. The molecule has 0 radical (unpaired) electrons. The topological polar surface area (TPSA) is 53.3 Å². The smallest absolute Gasteiger partial charge is 0.166 e. The molecule has 0 spiro atoms. The Kier molecular flexibility index (Phi) is 5.73. The van der Waals surface area contributed by atoms with Gasteiger partial charge in [-0.05, 0) is 44.2 Å². The molecule has 2 fully saturated rings. The molecule has 0 N–H and O–H groups in total. The second-order valence-electron chi connectivity index (χ2n) is 9.47. The van der Waals surface area contributed by atoms with Crippen molar-refractivity contribution in [2.75, 3.05) is 51.2 Å². The van der Waals surface area contributed by atoms with Crippen molar-refractivity contribution in [1.29, 1.82) is 0 Å². The fourth-order valence-electron chi connectivity index (χ4n) is 5.21. The van der Waals surface area contributed by atoms with Gasteiger partial charge in [0.1, 0.15) is 0 Å². The van der Waals surface area contributed by atoms with Crippen molar-refractivity contribution in [1.82, 2.24) is 29.5 Å². The standard InChI is InChI=1S/C27H31N7/c1-31-15-17-33(18-16-31)24-11-13-32(14-12-24)23-7-9-25(10-8-23)34-27-22(20-29-34)19-28-26(30-27)21-5-3-2-4-6-21/h2-10,19-20,24H,11-18H2,1H3. The van der Waals surface area contributed by atoms with E-state index in [0.717, 1.165) is 47.2 Å². The number of fused-ring (bicyclic) bond motifs is 1. The third kappa shape index (κ3) is 4.17. The summed E-state index contributed by atoms with van der Waals surface area (Å²) < 4.78 is 1.91. The van der Waals surface area contributed by atoms with Gasteiger partial charge in [-0.1, -0.05) is 30.3 Å². The normalized spacial score (nSPS) is 18.6. The van der Waals surface area contributed by atoms with Crippen molar-refractivity contribution in [3.05, 3.63) is 67.0 Å². The van der Waals surface area contributed by atoms with E-state index in [-0.39, 0.29) is 0 Å². The van der Waals surface area contributed by atoms with Gasteiger partial charge in [0.15, 0.2) is 11.5 Å². The SMILES string of the molecule is CN1CCN(C2CCN(c3ccc(-n4ncc5cnc(-c6ccccc6)nc54)cc3)CC2)CC1. The summed E-state index contributed by atoms with van der Waals surface area (Å²) in [5.74, 6) is 0.717. The summed E-state index contributed by atoms with van der Waals surface area (Å²) in [7, 11) is 2.23. The summed E-state index contributed by atoms with van der Waals surface area (Å²) in [6.45, 7) is 7.05. The summed E-state index contributed by atoms with van der Waals surface area (Å²) >= 11 is 0. The van der Waals surface area contributed by atoms with E-state index in [1.807, 2.05) is 47.4 Å². The summed E-state index contributed by atoms with van der Waals surface area (Å²) in [5.41, 5.74) is 4.14. The number of rotatable bonds is 4. The highest BCUT2D eigenvalue weighted by atomic mass is 15.3. The number of piperidine rings is 1. The molecule has 4 aromatic rings. The minimum Gasteiger partial charge on any atom is -0.371 e. The molecule has 6 rings (SSSR count). The fraction of sp³-hybridized carbons (Fsp3) is 0.370. The van der Waals surface area contributed by atoms with E-state index in [4.69, 9.17) is 4.98 Å². The van der Waals surface area contributed by atoms with Crippen molar-refractivity contribution in [2.45, 2.75) is 18.9 Å². The monoisotopic (exact) mass is 453 g/mol. The first-order chi connectivity index (χ1) is 16.7. The van der Waals surface area contributed by atoms with Gasteiger partial charge in [0.05, 0.1) is 17.3 Å². The predicted molar refractivity (Wildman–Crippen MR) is 136 cm³/mol. The molecule has 7 nitrogen and oxygen atoms in total. The number of aromatic nitrogens is 4. The quantitative estimate of drug-likeness (QED) is 0.470. The Hall–Kier alpha value is -3.29. The lowest BCUT2D eigenvalue weighted by molar-refractivity contribution is 0.0982. The van der Waals surface area contributed by atoms with Gasteiger partial charge in [0, 0.05) is 62.8 Å². The van der Waals surface area contributed by atoms with E-state index in [9.17, 15) is 0 Å². The molecule has 4 heterocycles. The van der Waals surface area contributed by atoms with Crippen molar-refractivity contribution in [3.8, 4) is 17.1 Å². The maximum absolute atomic E-state index is 4.82. The van der Waals surface area contributed by atoms with E-state index in [0.29, 0.717) is 0 Å². The van der Waals surface area contributed by atoms with E-state index >= 15 is 0 Å². The maximum Gasteiger partial charge on any atom is 0.166 e. The minimum atomic E-state index is 0.717. The molecule has 34 heavy (non-hydrogen) atoms. The highest BCUT2D eigenvalue weighted by Gasteiger charge is 2.26. The Morgan fingerprint density at radius 3 is 2.21 bits per heavy atom. The second-order valence-corrected chi connectivity index (χ2v) is 9.47. The highest BCUT2D eigenvalue weighted by molar-refractivity contribution is 5.77. The van der Waals surface area contributed by atoms with E-state index in [1.54, 1.807) is 0 Å². The zero-order valence-electron chi connectivity index (χ0n) is 19.7. The van der Waals surface area contributed by atoms with Crippen molar-refractivity contribution in [3.63, 3.8) is 0 Å². The molecule has 2 aromatic carbocycles. The fourth-order valence-corrected chi connectivity index (χ4v) is 5.21. The molecule has 0 aliphatic carbocycles.